The molecule has 1 N–H and O–H groups in total. The van der Waals surface area contributed by atoms with Crippen molar-refractivity contribution in [1.29, 1.82) is 0 Å². The van der Waals surface area contributed by atoms with E-state index in [1.54, 1.807) is 4.90 Å². The molecule has 4 aliphatic carbocycles. The summed E-state index contributed by atoms with van der Waals surface area (Å²) >= 11 is 5.44. The summed E-state index contributed by atoms with van der Waals surface area (Å²) in [6.45, 7) is 8.93. The molecule has 4 fully saturated rings. The number of carbonyl (C=O) groups excluding carboxylic acids is 3. The Morgan fingerprint density at radius 1 is 1.15 bits per heavy atom. The van der Waals surface area contributed by atoms with Crippen LogP contribution in [0.2, 0.25) is 0 Å². The number of nitrogens with one attached hydrogen (secondary N) is 1. The fraction of sp³-hybridized carbons (Fsp3) is 0.774. The highest BCUT2D eigenvalue weighted by Gasteiger charge is 2.59. The number of hydrogen-bond donors (Lipinski definition) is 1. The molecule has 3 saturated carbocycles. The third-order valence-electron chi connectivity index (χ3n) is 11.4. The van der Waals surface area contributed by atoms with Crippen LogP contribution in [0.15, 0.2) is 16.8 Å². The van der Waals surface area contributed by atoms with E-state index in [0.717, 1.165) is 49.2 Å². The summed E-state index contributed by atoms with van der Waals surface area (Å²) in [4.78, 5) is 43.9. The third kappa shape index (κ3) is 5.52. The molecule has 1 saturated heterocycles. The quantitative estimate of drug-likeness (QED) is 0.101. The van der Waals surface area contributed by atoms with Gasteiger partial charge in [0.1, 0.15) is 6.61 Å². The molecule has 7 atom stereocenters. The van der Waals surface area contributed by atoms with E-state index in [1.807, 2.05) is 13.0 Å². The van der Waals surface area contributed by atoms with Crippen molar-refractivity contribution in [3.05, 3.63) is 11.6 Å². The second kappa shape index (κ2) is 12.0. The van der Waals surface area contributed by atoms with Crippen LogP contribution in [0.4, 0.5) is 4.79 Å². The van der Waals surface area contributed by atoms with Gasteiger partial charge >= 0.3 is 6.09 Å². The number of oxime groups is 1. The molecule has 0 aromatic rings. The molecule has 1 heterocycles. The normalized spacial score (nSPS) is 37.2. The number of nitrogens with zero attached hydrogens (tertiary/aromatic N) is 2. The van der Waals surface area contributed by atoms with Crippen molar-refractivity contribution >= 4 is 41.1 Å². The number of ether oxygens (including phenoxy) is 1. The van der Waals surface area contributed by atoms with E-state index in [0.29, 0.717) is 49.4 Å². The van der Waals surface area contributed by atoms with Gasteiger partial charge in [0.2, 0.25) is 0 Å². The van der Waals surface area contributed by atoms with E-state index in [2.05, 4.69) is 24.3 Å². The van der Waals surface area contributed by atoms with Crippen LogP contribution < -0.4 is 5.32 Å². The predicted molar refractivity (Wildman–Crippen MR) is 157 cm³/mol. The number of rotatable bonds is 9. The number of fused-ring (bicyclic) bond motifs is 5. The monoisotopic (exact) mass is 571 g/mol. The third-order valence-corrected chi connectivity index (χ3v) is 11.9. The fourth-order valence-corrected chi connectivity index (χ4v) is 9.49. The Bertz CT molecular complexity index is 1090. The van der Waals surface area contributed by atoms with Crippen molar-refractivity contribution in [1.82, 2.24) is 10.2 Å². The molecule has 0 bridgehead atoms. The van der Waals surface area contributed by atoms with Crippen molar-refractivity contribution in [2.45, 2.75) is 91.0 Å². The first kappa shape index (κ1) is 29.4. The maximum absolute atomic E-state index is 13.1. The van der Waals surface area contributed by atoms with Gasteiger partial charge in [-0.25, -0.2) is 4.79 Å². The first-order valence-corrected chi connectivity index (χ1v) is 15.6. The number of carbonyl (C=O) groups is 3. The van der Waals surface area contributed by atoms with Gasteiger partial charge in [0.05, 0.1) is 12.3 Å². The van der Waals surface area contributed by atoms with Crippen molar-refractivity contribution in [3.63, 3.8) is 0 Å². The summed E-state index contributed by atoms with van der Waals surface area (Å²) in [5, 5.41) is 7.78. The van der Waals surface area contributed by atoms with Gasteiger partial charge in [0, 0.05) is 36.3 Å². The van der Waals surface area contributed by atoms with Gasteiger partial charge in [-0.1, -0.05) is 36.8 Å². The smallest absolute Gasteiger partial charge is 0.436 e. The van der Waals surface area contributed by atoms with E-state index in [-0.39, 0.29) is 35.9 Å². The average Bonchev–Trinajstić information content (AvgIpc) is 3.51. The van der Waals surface area contributed by atoms with Crippen LogP contribution in [-0.2, 0) is 19.2 Å². The van der Waals surface area contributed by atoms with Crippen molar-refractivity contribution < 1.29 is 24.0 Å². The van der Waals surface area contributed by atoms with Gasteiger partial charge in [0.25, 0.3) is 6.47 Å². The van der Waals surface area contributed by atoms with Gasteiger partial charge in [0.15, 0.2) is 5.78 Å². The summed E-state index contributed by atoms with van der Waals surface area (Å²) in [7, 11) is 0. The number of amides is 1. The second-order valence-electron chi connectivity index (χ2n) is 13.2. The lowest BCUT2D eigenvalue weighted by Crippen LogP contribution is -2.51. The highest BCUT2D eigenvalue weighted by atomic mass is 32.1. The van der Waals surface area contributed by atoms with E-state index >= 15 is 0 Å². The fourth-order valence-electron chi connectivity index (χ4n) is 9.19. The van der Waals surface area contributed by atoms with Gasteiger partial charge < -0.3 is 15.0 Å². The molecule has 1 aliphatic heterocycles. The minimum absolute atomic E-state index is 0.107. The summed E-state index contributed by atoms with van der Waals surface area (Å²) < 4.78 is 4.85. The molecule has 5 aliphatic rings. The molecule has 1 amide bonds. The molecule has 40 heavy (non-hydrogen) atoms. The minimum atomic E-state index is -0.521. The highest BCUT2D eigenvalue weighted by molar-refractivity contribution is 7.80. The number of ketones is 1. The molecule has 9 heteroatoms. The standard InChI is InChI=1S/C31H45N3O5S/c1-20(33-39-29(37)34(16-17-38-19-35)15-11-27-28(40)10-14-32-27)24-6-7-25-23-5-4-21-18-22(36)8-12-30(21,2)26(23)9-13-31(24,25)3/h18-19,23-27,32H,4-17H2,1-3H3/b33-20+/t23-,24+,25-,26-,27?,30-,31+/m0/s1. The van der Waals surface area contributed by atoms with Crippen LogP contribution in [0, 0.1) is 34.5 Å². The summed E-state index contributed by atoms with van der Waals surface area (Å²) in [6.07, 6.45) is 11.5. The molecule has 5 rings (SSSR count). The van der Waals surface area contributed by atoms with Gasteiger partial charge in [-0.15, -0.1) is 0 Å². The minimum Gasteiger partial charge on any atom is -0.466 e. The number of thiocarbonyl (C=S) groups is 1. The van der Waals surface area contributed by atoms with Gasteiger partial charge in [-0.3, -0.25) is 14.4 Å². The molecule has 0 radical (unpaired) electrons. The van der Waals surface area contributed by atoms with E-state index < -0.39 is 6.09 Å². The molecular formula is C31H45N3O5S. The molecule has 0 aromatic carbocycles. The Kier molecular flexibility index (Phi) is 8.81. The summed E-state index contributed by atoms with van der Waals surface area (Å²) in [6, 6.07) is 0.107. The zero-order valence-corrected chi connectivity index (χ0v) is 25.1. The molecule has 0 aromatic heterocycles. The Morgan fingerprint density at radius 2 is 1.98 bits per heavy atom. The predicted octanol–water partition coefficient (Wildman–Crippen LogP) is 5.24. The van der Waals surface area contributed by atoms with Crippen LogP contribution in [0.5, 0.6) is 0 Å². The second-order valence-corrected chi connectivity index (χ2v) is 13.7. The number of allylic oxidation sites excluding steroid dienone is 1. The molecule has 1 unspecified atom stereocenters. The van der Waals surface area contributed by atoms with Crippen molar-refractivity contribution in [3.8, 4) is 0 Å². The molecule has 8 nitrogen and oxygen atoms in total. The van der Waals surface area contributed by atoms with Crippen LogP contribution in [0.1, 0.15) is 85.0 Å². The lowest BCUT2D eigenvalue weighted by atomic mass is 9.46. The maximum atomic E-state index is 13.1. The first-order chi connectivity index (χ1) is 19.2. The zero-order valence-electron chi connectivity index (χ0n) is 24.3. The van der Waals surface area contributed by atoms with Crippen LogP contribution in [0.3, 0.4) is 0 Å². The largest absolute Gasteiger partial charge is 0.466 e. The Hall–Kier alpha value is -2.13. The van der Waals surface area contributed by atoms with Gasteiger partial charge in [-0.05, 0) is 99.4 Å². The molecule has 220 valence electrons. The Balaban J connectivity index is 1.23. The lowest BCUT2D eigenvalue weighted by Gasteiger charge is -2.58. The average molecular weight is 572 g/mol. The summed E-state index contributed by atoms with van der Waals surface area (Å²) in [5.41, 5.74) is 2.61. The van der Waals surface area contributed by atoms with Gasteiger partial charge in [-0.2, -0.15) is 0 Å². The van der Waals surface area contributed by atoms with E-state index in [4.69, 9.17) is 21.8 Å². The molecule has 0 spiro atoms. The van der Waals surface area contributed by atoms with E-state index in [1.165, 1.54) is 24.8 Å². The van der Waals surface area contributed by atoms with Crippen LogP contribution in [0.25, 0.3) is 0 Å². The maximum Gasteiger partial charge on any atom is 0.436 e. The topological polar surface area (TPSA) is 97.3 Å². The summed E-state index contributed by atoms with van der Waals surface area (Å²) in [5.74, 6) is 2.56. The van der Waals surface area contributed by atoms with Crippen LogP contribution in [-0.4, -0.2) is 66.1 Å². The first-order valence-electron chi connectivity index (χ1n) is 15.2. The van der Waals surface area contributed by atoms with E-state index in [9.17, 15) is 14.4 Å². The lowest BCUT2D eigenvalue weighted by molar-refractivity contribution is -0.129. The van der Waals surface area contributed by atoms with Crippen LogP contribution >= 0.6 is 12.2 Å². The Labute approximate surface area is 243 Å². The molecular weight excluding hydrogens is 526 g/mol. The Morgan fingerprint density at radius 3 is 2.73 bits per heavy atom. The van der Waals surface area contributed by atoms with Crippen molar-refractivity contribution in [2.75, 3.05) is 26.2 Å². The highest BCUT2D eigenvalue weighted by Crippen LogP contribution is 2.66. The number of hydrogen-bond acceptors (Lipinski definition) is 8. The SMILES string of the molecule is C/C(=N\OC(=O)N(CCOC=O)CCC1NCCC1=S)[C@H]1CC[C@H]2[C@@H]3CCC4=CC(=O)CC[C@]4(C)[C@H]3CC[C@]12C. The zero-order chi connectivity index (χ0) is 28.5. The van der Waals surface area contributed by atoms with Crippen molar-refractivity contribution in [2.24, 2.45) is 39.7 Å².